The third kappa shape index (κ3) is 3.91. The van der Waals surface area contributed by atoms with E-state index in [1.165, 1.54) is 6.07 Å². The largest absolute Gasteiger partial charge is 0.466 e. The molecule has 2 aromatic carbocycles. The van der Waals surface area contributed by atoms with Gasteiger partial charge in [0.2, 0.25) is 0 Å². The maximum absolute atomic E-state index is 14.1. The molecule has 1 aliphatic heterocycles. The van der Waals surface area contributed by atoms with Crippen LogP contribution in [0.4, 0.5) is 10.1 Å². The van der Waals surface area contributed by atoms with Crippen LogP contribution in [0, 0.1) is 11.7 Å². The van der Waals surface area contributed by atoms with Crippen molar-refractivity contribution in [1.29, 1.82) is 0 Å². The molecule has 0 fully saturated rings. The van der Waals surface area contributed by atoms with Gasteiger partial charge in [0.05, 0.1) is 17.5 Å². The quantitative estimate of drug-likeness (QED) is 0.592. The highest BCUT2D eigenvalue weighted by Crippen LogP contribution is 2.31. The van der Waals surface area contributed by atoms with Crippen LogP contribution in [-0.2, 0) is 16.0 Å². The standard InChI is InChI=1S/C21H21ClFNO2/c1-3-26-21(25)16-11-15-8-7-14(10-19(15)24-12-16)9-13(2)20-17(22)5-4-6-18(20)23/h4-10,16,24H,3,11-12H2,1-2H3/b13-9+. The van der Waals surface area contributed by atoms with Crippen LogP contribution in [0.3, 0.4) is 0 Å². The zero-order valence-electron chi connectivity index (χ0n) is 14.8. The first-order valence-electron chi connectivity index (χ1n) is 8.65. The molecule has 3 nitrogen and oxygen atoms in total. The van der Waals surface area contributed by atoms with Crippen LogP contribution >= 0.6 is 11.6 Å². The van der Waals surface area contributed by atoms with E-state index in [0.29, 0.717) is 30.2 Å². The molecule has 26 heavy (non-hydrogen) atoms. The summed E-state index contributed by atoms with van der Waals surface area (Å²) in [5.41, 5.74) is 4.19. The minimum absolute atomic E-state index is 0.164. The number of rotatable bonds is 4. The lowest BCUT2D eigenvalue weighted by atomic mass is 9.92. The Hall–Kier alpha value is -2.33. The average Bonchev–Trinajstić information content (AvgIpc) is 2.61. The third-order valence-corrected chi connectivity index (χ3v) is 4.81. The van der Waals surface area contributed by atoms with Gasteiger partial charge in [0.15, 0.2) is 0 Å². The molecule has 0 aromatic heterocycles. The SMILES string of the molecule is CCOC(=O)C1CNc2cc(/C=C(\C)c3c(F)cccc3Cl)ccc2C1. The number of hydrogen-bond donors (Lipinski definition) is 1. The van der Waals surface area contributed by atoms with Crippen LogP contribution in [0.15, 0.2) is 36.4 Å². The van der Waals surface area contributed by atoms with E-state index in [0.717, 1.165) is 22.4 Å². The van der Waals surface area contributed by atoms with Gasteiger partial charge in [-0.2, -0.15) is 0 Å². The van der Waals surface area contributed by atoms with Crippen molar-refractivity contribution in [3.05, 3.63) is 63.9 Å². The highest BCUT2D eigenvalue weighted by molar-refractivity contribution is 6.32. The molecular formula is C21H21ClFNO2. The number of halogens is 2. The number of carbonyl (C=O) groups is 1. The maximum Gasteiger partial charge on any atom is 0.311 e. The summed E-state index contributed by atoms with van der Waals surface area (Å²) in [6.45, 7) is 4.60. The topological polar surface area (TPSA) is 38.3 Å². The second-order valence-electron chi connectivity index (χ2n) is 6.37. The van der Waals surface area contributed by atoms with Gasteiger partial charge in [0, 0.05) is 17.8 Å². The van der Waals surface area contributed by atoms with Crippen LogP contribution < -0.4 is 5.32 Å². The van der Waals surface area contributed by atoms with E-state index < -0.39 is 0 Å². The number of anilines is 1. The van der Waals surface area contributed by atoms with Crippen molar-refractivity contribution < 1.29 is 13.9 Å². The second-order valence-corrected chi connectivity index (χ2v) is 6.78. The van der Waals surface area contributed by atoms with Crippen LogP contribution in [0.5, 0.6) is 0 Å². The van der Waals surface area contributed by atoms with Crippen molar-refractivity contribution in [1.82, 2.24) is 0 Å². The number of ether oxygens (including phenoxy) is 1. The highest BCUT2D eigenvalue weighted by atomic mass is 35.5. The molecule has 0 radical (unpaired) electrons. The zero-order valence-corrected chi connectivity index (χ0v) is 15.6. The molecule has 0 saturated carbocycles. The van der Waals surface area contributed by atoms with Gasteiger partial charge in [-0.3, -0.25) is 4.79 Å². The normalized spacial score (nSPS) is 16.6. The van der Waals surface area contributed by atoms with E-state index in [-0.39, 0.29) is 17.7 Å². The Morgan fingerprint density at radius 1 is 1.38 bits per heavy atom. The molecule has 0 spiro atoms. The number of esters is 1. The molecule has 1 unspecified atom stereocenters. The first kappa shape index (κ1) is 18.5. The van der Waals surface area contributed by atoms with Crippen molar-refractivity contribution in [2.75, 3.05) is 18.5 Å². The molecule has 0 aliphatic carbocycles. The van der Waals surface area contributed by atoms with E-state index in [1.54, 1.807) is 12.1 Å². The smallest absolute Gasteiger partial charge is 0.311 e. The number of carbonyl (C=O) groups excluding carboxylic acids is 1. The number of allylic oxidation sites excluding steroid dienone is 1. The van der Waals surface area contributed by atoms with Crippen LogP contribution in [0.1, 0.15) is 30.5 Å². The van der Waals surface area contributed by atoms with E-state index in [1.807, 2.05) is 38.1 Å². The van der Waals surface area contributed by atoms with E-state index >= 15 is 0 Å². The first-order valence-corrected chi connectivity index (χ1v) is 9.03. The summed E-state index contributed by atoms with van der Waals surface area (Å²) in [4.78, 5) is 11.9. The summed E-state index contributed by atoms with van der Waals surface area (Å²) in [6.07, 6.45) is 2.56. The Bertz CT molecular complexity index is 843. The van der Waals surface area contributed by atoms with Crippen LogP contribution in [0.25, 0.3) is 11.6 Å². The second kappa shape index (κ2) is 7.92. The van der Waals surface area contributed by atoms with E-state index in [2.05, 4.69) is 5.32 Å². The fourth-order valence-corrected chi connectivity index (χ4v) is 3.53. The summed E-state index contributed by atoms with van der Waals surface area (Å²) in [7, 11) is 0. The fourth-order valence-electron chi connectivity index (χ4n) is 3.22. The Balaban J connectivity index is 1.83. The Morgan fingerprint density at radius 3 is 2.92 bits per heavy atom. The zero-order chi connectivity index (χ0) is 18.7. The molecule has 5 heteroatoms. The van der Waals surface area contributed by atoms with Gasteiger partial charge in [-0.05, 0) is 55.2 Å². The van der Waals surface area contributed by atoms with Gasteiger partial charge in [0.25, 0.3) is 0 Å². The van der Waals surface area contributed by atoms with E-state index in [4.69, 9.17) is 16.3 Å². The average molecular weight is 374 g/mol. The summed E-state index contributed by atoms with van der Waals surface area (Å²) in [6, 6.07) is 10.7. The number of hydrogen-bond acceptors (Lipinski definition) is 3. The molecule has 1 atom stereocenters. The number of fused-ring (bicyclic) bond motifs is 1. The Morgan fingerprint density at radius 2 is 2.19 bits per heavy atom. The molecule has 1 N–H and O–H groups in total. The van der Waals surface area contributed by atoms with Crippen LogP contribution in [-0.4, -0.2) is 19.1 Å². The van der Waals surface area contributed by atoms with Crippen molar-refractivity contribution >= 4 is 34.9 Å². The van der Waals surface area contributed by atoms with Gasteiger partial charge in [-0.25, -0.2) is 4.39 Å². The number of nitrogens with one attached hydrogen (secondary N) is 1. The van der Waals surface area contributed by atoms with Gasteiger partial charge >= 0.3 is 5.97 Å². The fraction of sp³-hybridized carbons (Fsp3) is 0.286. The summed E-state index contributed by atoms with van der Waals surface area (Å²) in [5.74, 6) is -0.665. The predicted molar refractivity (Wildman–Crippen MR) is 104 cm³/mol. The van der Waals surface area contributed by atoms with Gasteiger partial charge in [-0.15, -0.1) is 0 Å². The molecule has 0 bridgehead atoms. The van der Waals surface area contributed by atoms with Crippen molar-refractivity contribution in [2.24, 2.45) is 5.92 Å². The van der Waals surface area contributed by atoms with Gasteiger partial charge in [0.1, 0.15) is 5.82 Å². The molecule has 0 saturated heterocycles. The summed E-state index contributed by atoms with van der Waals surface area (Å²) >= 11 is 6.14. The lowest BCUT2D eigenvalue weighted by Crippen LogP contribution is -2.31. The molecule has 3 rings (SSSR count). The van der Waals surface area contributed by atoms with Crippen LogP contribution in [0.2, 0.25) is 5.02 Å². The molecule has 2 aromatic rings. The summed E-state index contributed by atoms with van der Waals surface area (Å²) in [5, 5.41) is 3.69. The highest BCUT2D eigenvalue weighted by Gasteiger charge is 2.25. The minimum atomic E-state index is -0.334. The lowest BCUT2D eigenvalue weighted by molar-refractivity contribution is -0.147. The molecule has 1 heterocycles. The Kier molecular flexibility index (Phi) is 5.62. The lowest BCUT2D eigenvalue weighted by Gasteiger charge is -2.25. The predicted octanol–water partition coefficient (Wildman–Crippen LogP) is 5.19. The number of benzene rings is 2. The maximum atomic E-state index is 14.1. The summed E-state index contributed by atoms with van der Waals surface area (Å²) < 4.78 is 19.2. The minimum Gasteiger partial charge on any atom is -0.466 e. The molecule has 136 valence electrons. The molecule has 1 aliphatic rings. The van der Waals surface area contributed by atoms with Gasteiger partial charge < -0.3 is 10.1 Å². The monoisotopic (exact) mass is 373 g/mol. The van der Waals surface area contributed by atoms with E-state index in [9.17, 15) is 9.18 Å². The molecular weight excluding hydrogens is 353 g/mol. The first-order chi connectivity index (χ1) is 12.5. The van der Waals surface area contributed by atoms with Crippen molar-refractivity contribution in [2.45, 2.75) is 20.3 Å². The third-order valence-electron chi connectivity index (χ3n) is 4.50. The molecule has 0 amide bonds. The van der Waals surface area contributed by atoms with Gasteiger partial charge in [-0.1, -0.05) is 35.9 Å². The van der Waals surface area contributed by atoms with Crippen molar-refractivity contribution in [3.63, 3.8) is 0 Å². The van der Waals surface area contributed by atoms with Crippen molar-refractivity contribution in [3.8, 4) is 0 Å². The Labute approximate surface area is 157 Å².